The van der Waals surface area contributed by atoms with Crippen LogP contribution < -0.4 is 10.9 Å². The Morgan fingerprint density at radius 2 is 1.97 bits per heavy atom. The molecule has 0 aliphatic heterocycles. The Morgan fingerprint density at radius 1 is 1.19 bits per heavy atom. The summed E-state index contributed by atoms with van der Waals surface area (Å²) in [5.74, 6) is 0.536. The molecule has 1 aliphatic rings. The van der Waals surface area contributed by atoms with E-state index < -0.39 is 6.10 Å². The van der Waals surface area contributed by atoms with Gasteiger partial charge in [-0.1, -0.05) is 13.3 Å². The molecule has 1 saturated carbocycles. The lowest BCUT2D eigenvalue weighted by Gasteiger charge is -2.15. The van der Waals surface area contributed by atoms with Crippen molar-refractivity contribution in [2.24, 2.45) is 5.92 Å². The molecule has 3 heterocycles. The zero-order chi connectivity index (χ0) is 22.1. The first-order valence-electron chi connectivity index (χ1n) is 10.9. The third-order valence-corrected chi connectivity index (χ3v) is 5.82. The average Bonchev–Trinajstić information content (AvgIpc) is 3.59. The monoisotopic (exact) mass is 420 g/mol. The van der Waals surface area contributed by atoms with E-state index in [-0.39, 0.29) is 17.4 Å². The number of carbonyl (C=O) groups is 1. The molecular formula is C24H28N4O3. The van der Waals surface area contributed by atoms with Crippen LogP contribution in [0.15, 0.2) is 35.4 Å². The first kappa shape index (κ1) is 21.2. The number of amides is 1. The highest BCUT2D eigenvalue weighted by atomic mass is 16.3. The number of pyridine rings is 3. The Labute approximate surface area is 181 Å². The number of aromatic nitrogens is 3. The second-order valence-corrected chi connectivity index (χ2v) is 8.23. The molecule has 2 N–H and O–H groups in total. The van der Waals surface area contributed by atoms with Gasteiger partial charge in [0.2, 0.25) is 5.91 Å². The molecule has 3 aromatic heterocycles. The van der Waals surface area contributed by atoms with E-state index in [1.807, 2.05) is 32.9 Å². The molecule has 0 aromatic carbocycles. The molecule has 0 saturated heterocycles. The standard InChI is InChI=1S/C24H28N4O3/c1-4-6-21(29)19-9-14(3)18(13-25-19)17-10-16-12-26-22(27-23(30)15-7-8-15)11-20(16)28(5-2)24(17)31/h9-13,15,21,29H,4-8H2,1-3H3,(H,26,27,30). The van der Waals surface area contributed by atoms with Crippen LogP contribution in [0.4, 0.5) is 5.82 Å². The molecule has 162 valence electrons. The molecule has 0 radical (unpaired) electrons. The highest BCUT2D eigenvalue weighted by Crippen LogP contribution is 2.31. The van der Waals surface area contributed by atoms with Crippen LogP contribution in [0.25, 0.3) is 22.0 Å². The van der Waals surface area contributed by atoms with Gasteiger partial charge in [0.25, 0.3) is 5.56 Å². The summed E-state index contributed by atoms with van der Waals surface area (Å²) in [6.45, 7) is 6.35. The summed E-state index contributed by atoms with van der Waals surface area (Å²) < 4.78 is 1.69. The van der Waals surface area contributed by atoms with Crippen LogP contribution in [0, 0.1) is 12.8 Å². The lowest BCUT2D eigenvalue weighted by Crippen LogP contribution is -2.22. The summed E-state index contributed by atoms with van der Waals surface area (Å²) >= 11 is 0. The van der Waals surface area contributed by atoms with Gasteiger partial charge in [-0.2, -0.15) is 0 Å². The van der Waals surface area contributed by atoms with Crippen molar-refractivity contribution in [3.63, 3.8) is 0 Å². The number of hydrogen-bond acceptors (Lipinski definition) is 5. The van der Waals surface area contributed by atoms with Gasteiger partial charge < -0.3 is 15.0 Å². The Kier molecular flexibility index (Phi) is 5.87. The molecular weight excluding hydrogens is 392 g/mol. The summed E-state index contributed by atoms with van der Waals surface area (Å²) in [5.41, 5.74) is 3.42. The summed E-state index contributed by atoms with van der Waals surface area (Å²) in [6.07, 6.45) is 6.11. The van der Waals surface area contributed by atoms with E-state index >= 15 is 0 Å². The van der Waals surface area contributed by atoms with Gasteiger partial charge in [0, 0.05) is 47.4 Å². The maximum Gasteiger partial charge on any atom is 0.258 e. The predicted octanol–water partition coefficient (Wildman–Crippen LogP) is 3.97. The molecule has 1 fully saturated rings. The number of anilines is 1. The number of nitrogens with one attached hydrogen (secondary N) is 1. The Bertz CT molecular complexity index is 1200. The number of aliphatic hydroxyl groups is 1. The van der Waals surface area contributed by atoms with Crippen molar-refractivity contribution in [1.82, 2.24) is 14.5 Å². The molecule has 4 rings (SSSR count). The van der Waals surface area contributed by atoms with Crippen LogP contribution in [0.3, 0.4) is 0 Å². The van der Waals surface area contributed by atoms with Crippen LogP contribution in [-0.2, 0) is 11.3 Å². The van der Waals surface area contributed by atoms with E-state index in [1.54, 1.807) is 23.0 Å². The van der Waals surface area contributed by atoms with Crippen molar-refractivity contribution in [2.45, 2.75) is 59.1 Å². The molecule has 1 atom stereocenters. The van der Waals surface area contributed by atoms with E-state index in [4.69, 9.17) is 0 Å². The Balaban J connectivity index is 1.76. The first-order chi connectivity index (χ1) is 14.9. The van der Waals surface area contributed by atoms with Gasteiger partial charge in [-0.3, -0.25) is 14.6 Å². The number of aliphatic hydroxyl groups excluding tert-OH is 1. The van der Waals surface area contributed by atoms with Crippen LogP contribution in [-0.4, -0.2) is 25.5 Å². The lowest BCUT2D eigenvalue weighted by atomic mass is 10.00. The fourth-order valence-corrected chi connectivity index (χ4v) is 3.88. The number of hydrogen-bond donors (Lipinski definition) is 2. The maximum atomic E-state index is 13.3. The zero-order valence-electron chi connectivity index (χ0n) is 18.2. The second kappa shape index (κ2) is 8.59. The molecule has 3 aromatic rings. The smallest absolute Gasteiger partial charge is 0.258 e. The molecule has 0 bridgehead atoms. The molecule has 7 heteroatoms. The van der Waals surface area contributed by atoms with Crippen LogP contribution >= 0.6 is 0 Å². The third-order valence-electron chi connectivity index (χ3n) is 5.82. The molecule has 0 spiro atoms. The largest absolute Gasteiger partial charge is 0.387 e. The SMILES string of the molecule is CCCC(O)c1cc(C)c(-c2cc3cnc(NC(=O)C4CC4)cc3n(CC)c2=O)cn1. The third kappa shape index (κ3) is 4.23. The fraction of sp³-hybridized carbons (Fsp3) is 0.417. The number of aryl methyl sites for hydroxylation is 2. The van der Waals surface area contributed by atoms with Crippen LogP contribution in [0.1, 0.15) is 56.9 Å². The predicted molar refractivity (Wildman–Crippen MR) is 121 cm³/mol. The molecule has 1 aliphatic carbocycles. The van der Waals surface area contributed by atoms with Crippen molar-refractivity contribution in [1.29, 1.82) is 0 Å². The summed E-state index contributed by atoms with van der Waals surface area (Å²) in [4.78, 5) is 34.2. The van der Waals surface area contributed by atoms with E-state index in [9.17, 15) is 14.7 Å². The highest BCUT2D eigenvalue weighted by Gasteiger charge is 2.29. The minimum absolute atomic E-state index is 0.0130. The lowest BCUT2D eigenvalue weighted by molar-refractivity contribution is -0.117. The number of rotatable bonds is 7. The number of carbonyl (C=O) groups excluding carboxylic acids is 1. The first-order valence-corrected chi connectivity index (χ1v) is 10.9. The zero-order valence-corrected chi connectivity index (χ0v) is 18.2. The van der Waals surface area contributed by atoms with Crippen molar-refractivity contribution in [3.05, 3.63) is 52.2 Å². The quantitative estimate of drug-likeness (QED) is 0.603. The van der Waals surface area contributed by atoms with E-state index in [0.717, 1.165) is 41.3 Å². The molecule has 31 heavy (non-hydrogen) atoms. The summed E-state index contributed by atoms with van der Waals surface area (Å²) in [6, 6.07) is 5.44. The van der Waals surface area contributed by atoms with Gasteiger partial charge in [0.1, 0.15) is 5.82 Å². The van der Waals surface area contributed by atoms with Gasteiger partial charge in [-0.25, -0.2) is 4.98 Å². The van der Waals surface area contributed by atoms with Crippen molar-refractivity contribution in [2.75, 3.05) is 5.32 Å². The van der Waals surface area contributed by atoms with E-state index in [2.05, 4.69) is 15.3 Å². The Morgan fingerprint density at radius 3 is 2.61 bits per heavy atom. The topological polar surface area (TPSA) is 97.1 Å². The van der Waals surface area contributed by atoms with Crippen molar-refractivity contribution >= 4 is 22.6 Å². The molecule has 1 unspecified atom stereocenters. The van der Waals surface area contributed by atoms with Gasteiger partial charge in [0.05, 0.1) is 17.3 Å². The number of nitrogens with zero attached hydrogens (tertiary/aromatic N) is 3. The summed E-state index contributed by atoms with van der Waals surface area (Å²) in [5, 5.41) is 13.9. The Hall–Kier alpha value is -3.06. The van der Waals surface area contributed by atoms with Crippen LogP contribution in [0.5, 0.6) is 0 Å². The molecule has 1 amide bonds. The van der Waals surface area contributed by atoms with Gasteiger partial charge in [0.15, 0.2) is 0 Å². The highest BCUT2D eigenvalue weighted by molar-refractivity contribution is 5.95. The maximum absolute atomic E-state index is 13.3. The van der Waals surface area contributed by atoms with E-state index in [1.165, 1.54) is 0 Å². The van der Waals surface area contributed by atoms with Crippen molar-refractivity contribution in [3.8, 4) is 11.1 Å². The minimum Gasteiger partial charge on any atom is -0.387 e. The molecule has 7 nitrogen and oxygen atoms in total. The van der Waals surface area contributed by atoms with Gasteiger partial charge in [-0.15, -0.1) is 0 Å². The second-order valence-electron chi connectivity index (χ2n) is 8.23. The summed E-state index contributed by atoms with van der Waals surface area (Å²) in [7, 11) is 0. The number of fused-ring (bicyclic) bond motifs is 1. The van der Waals surface area contributed by atoms with E-state index in [0.29, 0.717) is 30.0 Å². The van der Waals surface area contributed by atoms with Crippen molar-refractivity contribution < 1.29 is 9.90 Å². The van der Waals surface area contributed by atoms with Crippen LogP contribution in [0.2, 0.25) is 0 Å². The normalized spacial score (nSPS) is 14.6. The van der Waals surface area contributed by atoms with Gasteiger partial charge in [-0.05, 0) is 50.8 Å². The van der Waals surface area contributed by atoms with Gasteiger partial charge >= 0.3 is 0 Å². The fourth-order valence-electron chi connectivity index (χ4n) is 3.88. The average molecular weight is 421 g/mol. The minimum atomic E-state index is -0.602.